The third-order valence-electron chi connectivity index (χ3n) is 6.73. The molecule has 4 aromatic rings. The van der Waals surface area contributed by atoms with Gasteiger partial charge in [-0.2, -0.15) is 0 Å². The van der Waals surface area contributed by atoms with E-state index in [-0.39, 0.29) is 24.5 Å². The normalized spacial score (nSPS) is 14.4. The minimum absolute atomic E-state index is 0.00653. The summed E-state index contributed by atoms with van der Waals surface area (Å²) in [7, 11) is 1.60. The topological polar surface area (TPSA) is 67.9 Å². The number of rotatable bonds is 7. The molecule has 0 spiro atoms. The van der Waals surface area contributed by atoms with Crippen LogP contribution in [0, 0.1) is 6.92 Å². The fourth-order valence-electron chi connectivity index (χ4n) is 4.87. The van der Waals surface area contributed by atoms with Gasteiger partial charge in [-0.15, -0.1) is 0 Å². The van der Waals surface area contributed by atoms with E-state index in [0.29, 0.717) is 23.5 Å². The molecule has 2 amide bonds. The highest BCUT2D eigenvalue weighted by atomic mass is 16.5. The average Bonchev–Trinajstić information content (AvgIpc) is 2.96. The molecular formula is C32H30N2O4. The van der Waals surface area contributed by atoms with Crippen LogP contribution in [-0.4, -0.2) is 37.0 Å². The van der Waals surface area contributed by atoms with Crippen molar-refractivity contribution in [1.29, 1.82) is 0 Å². The summed E-state index contributed by atoms with van der Waals surface area (Å²) in [6.45, 7) is 2.54. The highest BCUT2D eigenvalue weighted by molar-refractivity contribution is 5.95. The maximum Gasteiger partial charge on any atom is 0.262 e. The van der Waals surface area contributed by atoms with Crippen LogP contribution < -0.4 is 14.8 Å². The Morgan fingerprint density at radius 3 is 2.39 bits per heavy atom. The molecule has 1 aliphatic heterocycles. The van der Waals surface area contributed by atoms with Gasteiger partial charge in [-0.25, -0.2) is 0 Å². The van der Waals surface area contributed by atoms with Crippen LogP contribution in [0.25, 0.3) is 0 Å². The minimum Gasteiger partial charge on any atom is -0.497 e. The number of methoxy groups -OCH3 is 1. The van der Waals surface area contributed by atoms with Gasteiger partial charge in [0, 0.05) is 17.8 Å². The van der Waals surface area contributed by atoms with E-state index < -0.39 is 0 Å². The van der Waals surface area contributed by atoms with Gasteiger partial charge >= 0.3 is 0 Å². The average molecular weight is 507 g/mol. The largest absolute Gasteiger partial charge is 0.497 e. The molecule has 1 aliphatic rings. The van der Waals surface area contributed by atoms with E-state index >= 15 is 0 Å². The number of benzene rings is 4. The molecule has 192 valence electrons. The Morgan fingerprint density at radius 1 is 0.895 bits per heavy atom. The molecule has 6 nitrogen and oxygen atoms in total. The number of hydrogen-bond acceptors (Lipinski definition) is 4. The number of ether oxygens (including phenoxy) is 2. The highest BCUT2D eigenvalue weighted by Crippen LogP contribution is 2.38. The van der Waals surface area contributed by atoms with Gasteiger partial charge in [-0.05, 0) is 78.6 Å². The second-order valence-corrected chi connectivity index (χ2v) is 9.36. The zero-order chi connectivity index (χ0) is 26.5. The summed E-state index contributed by atoms with van der Waals surface area (Å²) in [5, 5.41) is 2.83. The number of amides is 2. The lowest BCUT2D eigenvalue weighted by atomic mass is 9.87. The van der Waals surface area contributed by atoms with Crippen LogP contribution in [0.2, 0.25) is 0 Å². The van der Waals surface area contributed by atoms with Crippen LogP contribution in [0.4, 0.5) is 5.69 Å². The van der Waals surface area contributed by atoms with Gasteiger partial charge in [-0.1, -0.05) is 54.1 Å². The summed E-state index contributed by atoms with van der Waals surface area (Å²) in [6, 6.07) is 30.4. The summed E-state index contributed by atoms with van der Waals surface area (Å²) in [4.78, 5) is 28.1. The molecule has 0 saturated heterocycles. The van der Waals surface area contributed by atoms with Crippen molar-refractivity contribution in [1.82, 2.24) is 4.90 Å². The van der Waals surface area contributed by atoms with Gasteiger partial charge in [0.15, 0.2) is 6.61 Å². The van der Waals surface area contributed by atoms with E-state index in [2.05, 4.69) is 30.4 Å². The zero-order valence-electron chi connectivity index (χ0n) is 21.5. The highest BCUT2D eigenvalue weighted by Gasteiger charge is 2.33. The Labute approximate surface area is 222 Å². The van der Waals surface area contributed by atoms with E-state index in [1.807, 2.05) is 59.5 Å². The van der Waals surface area contributed by atoms with E-state index in [1.165, 1.54) is 5.56 Å². The zero-order valence-corrected chi connectivity index (χ0v) is 21.5. The summed E-state index contributed by atoms with van der Waals surface area (Å²) in [5.41, 5.74) is 5.69. The van der Waals surface area contributed by atoms with Crippen LogP contribution in [0.15, 0.2) is 97.1 Å². The van der Waals surface area contributed by atoms with Crippen LogP contribution in [0.3, 0.4) is 0 Å². The summed E-state index contributed by atoms with van der Waals surface area (Å²) in [6.07, 6.45) is 0.745. The molecule has 0 fully saturated rings. The summed E-state index contributed by atoms with van der Waals surface area (Å²) in [5.74, 6) is 1.04. The quantitative estimate of drug-likeness (QED) is 0.344. The van der Waals surface area contributed by atoms with Gasteiger partial charge in [0.2, 0.25) is 0 Å². The van der Waals surface area contributed by atoms with Gasteiger partial charge < -0.3 is 19.7 Å². The van der Waals surface area contributed by atoms with Crippen molar-refractivity contribution in [2.24, 2.45) is 0 Å². The van der Waals surface area contributed by atoms with Crippen molar-refractivity contribution >= 4 is 17.5 Å². The lowest BCUT2D eigenvalue weighted by molar-refractivity contribution is -0.118. The Hall–Kier alpha value is -4.58. The standard InChI is InChI=1S/C32H30N2O4/c1-22-7-6-10-25(19-22)31-29-20-28(38-21-30(35)33-26-12-15-27(37-2)16-13-26)14-11-23(29)17-18-34(31)32(36)24-8-4-3-5-9-24/h3-16,19-20,31H,17-18,21H2,1-2H3,(H,33,35). The molecule has 0 radical (unpaired) electrons. The molecule has 1 heterocycles. The number of hydrogen-bond donors (Lipinski definition) is 1. The number of aryl methyl sites for hydroxylation is 1. The molecule has 4 aromatic carbocycles. The first-order chi connectivity index (χ1) is 18.5. The van der Waals surface area contributed by atoms with Gasteiger partial charge in [-0.3, -0.25) is 9.59 Å². The molecule has 1 unspecified atom stereocenters. The van der Waals surface area contributed by atoms with E-state index in [9.17, 15) is 9.59 Å². The third kappa shape index (κ3) is 5.54. The fourth-order valence-corrected chi connectivity index (χ4v) is 4.87. The predicted octanol–water partition coefficient (Wildman–Crippen LogP) is 5.81. The summed E-state index contributed by atoms with van der Waals surface area (Å²) < 4.78 is 11.1. The van der Waals surface area contributed by atoms with Crippen LogP contribution in [-0.2, 0) is 11.2 Å². The van der Waals surface area contributed by atoms with Crippen molar-refractivity contribution in [3.63, 3.8) is 0 Å². The van der Waals surface area contributed by atoms with Crippen molar-refractivity contribution < 1.29 is 19.1 Å². The van der Waals surface area contributed by atoms with Gasteiger partial charge in [0.25, 0.3) is 11.8 Å². The van der Waals surface area contributed by atoms with E-state index in [0.717, 1.165) is 28.9 Å². The van der Waals surface area contributed by atoms with Gasteiger partial charge in [0.05, 0.1) is 13.2 Å². The van der Waals surface area contributed by atoms with E-state index in [1.54, 1.807) is 31.4 Å². The Morgan fingerprint density at radius 2 is 1.66 bits per heavy atom. The molecule has 0 bridgehead atoms. The number of carbonyl (C=O) groups excluding carboxylic acids is 2. The maximum atomic E-state index is 13.6. The lowest BCUT2D eigenvalue weighted by Crippen LogP contribution is -2.40. The second kappa shape index (κ2) is 11.2. The first-order valence-electron chi connectivity index (χ1n) is 12.6. The second-order valence-electron chi connectivity index (χ2n) is 9.36. The van der Waals surface area contributed by atoms with Crippen molar-refractivity contribution in [3.8, 4) is 11.5 Å². The molecule has 38 heavy (non-hydrogen) atoms. The molecule has 0 aliphatic carbocycles. The SMILES string of the molecule is COc1ccc(NC(=O)COc2ccc3c(c2)C(c2cccc(C)c2)N(C(=O)c2ccccc2)CC3)cc1. The van der Waals surface area contributed by atoms with Crippen molar-refractivity contribution in [3.05, 3.63) is 125 Å². The molecule has 1 N–H and O–H groups in total. The first-order valence-corrected chi connectivity index (χ1v) is 12.6. The number of nitrogens with zero attached hydrogens (tertiary/aromatic N) is 1. The first kappa shape index (κ1) is 25.1. The monoisotopic (exact) mass is 506 g/mol. The Balaban J connectivity index is 1.39. The van der Waals surface area contributed by atoms with E-state index in [4.69, 9.17) is 9.47 Å². The predicted molar refractivity (Wildman–Crippen MR) is 148 cm³/mol. The van der Waals surface area contributed by atoms with Crippen molar-refractivity contribution in [2.75, 3.05) is 25.6 Å². The number of fused-ring (bicyclic) bond motifs is 1. The molecule has 5 rings (SSSR count). The van der Waals surface area contributed by atoms with Crippen LogP contribution in [0.5, 0.6) is 11.5 Å². The number of carbonyl (C=O) groups is 2. The Bertz CT molecular complexity index is 1430. The molecule has 6 heteroatoms. The Kier molecular flexibility index (Phi) is 7.40. The molecule has 0 aromatic heterocycles. The number of nitrogens with one attached hydrogen (secondary N) is 1. The lowest BCUT2D eigenvalue weighted by Gasteiger charge is -2.38. The summed E-state index contributed by atoms with van der Waals surface area (Å²) >= 11 is 0. The molecule has 1 atom stereocenters. The van der Waals surface area contributed by atoms with Crippen molar-refractivity contribution in [2.45, 2.75) is 19.4 Å². The van der Waals surface area contributed by atoms with Gasteiger partial charge in [0.1, 0.15) is 11.5 Å². The maximum absolute atomic E-state index is 13.6. The molecular weight excluding hydrogens is 476 g/mol. The fraction of sp³-hybridized carbons (Fsp3) is 0.188. The van der Waals surface area contributed by atoms with Crippen LogP contribution >= 0.6 is 0 Å². The third-order valence-corrected chi connectivity index (χ3v) is 6.73. The smallest absolute Gasteiger partial charge is 0.262 e. The molecule has 0 saturated carbocycles. The minimum atomic E-state index is -0.261. The van der Waals surface area contributed by atoms with Crippen LogP contribution in [0.1, 0.15) is 38.7 Å². The number of anilines is 1.